The lowest BCUT2D eigenvalue weighted by atomic mass is 9.84. The van der Waals surface area contributed by atoms with Crippen molar-refractivity contribution in [1.82, 2.24) is 10.2 Å². The molecule has 5 aromatic rings. The Balaban J connectivity index is 1.40. The predicted octanol–water partition coefficient (Wildman–Crippen LogP) is 5.80. The molecule has 0 bridgehead atoms. The average Bonchev–Trinajstić information content (AvgIpc) is 3.50. The van der Waals surface area contributed by atoms with Gasteiger partial charge in [0.1, 0.15) is 0 Å². The molecule has 182 valence electrons. The average molecular weight is 494 g/mol. The zero-order valence-electron chi connectivity index (χ0n) is 19.5. The minimum absolute atomic E-state index is 0.0876. The Bertz CT molecular complexity index is 1630. The van der Waals surface area contributed by atoms with Crippen molar-refractivity contribution in [2.24, 2.45) is 0 Å². The van der Waals surface area contributed by atoms with Crippen molar-refractivity contribution in [3.05, 3.63) is 131 Å². The van der Waals surface area contributed by atoms with Crippen LogP contribution in [-0.2, 0) is 16.8 Å². The van der Waals surface area contributed by atoms with Crippen LogP contribution < -0.4 is 5.32 Å². The summed E-state index contributed by atoms with van der Waals surface area (Å²) >= 11 is 0. The Morgan fingerprint density at radius 2 is 1.62 bits per heavy atom. The Morgan fingerprint density at radius 1 is 0.892 bits per heavy atom. The number of hydrogen-bond acceptors (Lipinski definition) is 3. The van der Waals surface area contributed by atoms with Crippen LogP contribution in [0.25, 0.3) is 22.5 Å². The highest BCUT2D eigenvalue weighted by atomic mass is 19.2. The summed E-state index contributed by atoms with van der Waals surface area (Å²) in [5.41, 5.74) is 3.38. The first-order valence-corrected chi connectivity index (χ1v) is 11.8. The fraction of sp³-hybridized carbons (Fsp3) is 0.0667. The summed E-state index contributed by atoms with van der Waals surface area (Å²) in [5, 5.41) is 22.0. The lowest BCUT2D eigenvalue weighted by Crippen LogP contribution is -2.42. The van der Waals surface area contributed by atoms with Gasteiger partial charge in [-0.2, -0.15) is 5.10 Å². The highest BCUT2D eigenvalue weighted by Crippen LogP contribution is 2.41. The first-order valence-electron chi connectivity index (χ1n) is 11.8. The summed E-state index contributed by atoms with van der Waals surface area (Å²) in [4.78, 5) is 13.4. The second-order valence-corrected chi connectivity index (χ2v) is 8.97. The lowest BCUT2D eigenvalue weighted by molar-refractivity contribution is -0.131. The maximum Gasteiger partial charge on any atom is 0.265 e. The second-order valence-electron chi connectivity index (χ2n) is 8.97. The second kappa shape index (κ2) is 8.80. The fourth-order valence-electron chi connectivity index (χ4n) is 4.91. The van der Waals surface area contributed by atoms with E-state index in [0.29, 0.717) is 5.69 Å². The van der Waals surface area contributed by atoms with E-state index in [9.17, 15) is 18.7 Å². The minimum atomic E-state index is -2.50. The van der Waals surface area contributed by atoms with E-state index >= 15 is 0 Å². The van der Waals surface area contributed by atoms with Crippen LogP contribution in [0.5, 0.6) is 0 Å². The molecular weight excluding hydrogens is 472 g/mol. The van der Waals surface area contributed by atoms with Gasteiger partial charge >= 0.3 is 0 Å². The van der Waals surface area contributed by atoms with Gasteiger partial charge in [-0.3, -0.25) is 9.89 Å². The molecule has 0 saturated carbocycles. The topological polar surface area (TPSA) is 78.0 Å². The number of rotatable bonds is 5. The third-order valence-corrected chi connectivity index (χ3v) is 6.80. The summed E-state index contributed by atoms with van der Waals surface area (Å²) in [6, 6.07) is 26.5. The number of halogens is 2. The molecular formula is C30H21F2N3O2. The number of aliphatic hydroxyl groups is 1. The summed E-state index contributed by atoms with van der Waals surface area (Å²) < 4.78 is 29.1. The third-order valence-electron chi connectivity index (χ3n) is 6.80. The van der Waals surface area contributed by atoms with Crippen LogP contribution in [0.4, 0.5) is 14.5 Å². The van der Waals surface area contributed by atoms with E-state index in [4.69, 9.17) is 0 Å². The molecule has 1 aliphatic carbocycles. The number of aromatic amines is 1. The van der Waals surface area contributed by atoms with Gasteiger partial charge in [-0.25, -0.2) is 8.78 Å². The summed E-state index contributed by atoms with van der Waals surface area (Å²) in [7, 11) is 0. The molecule has 0 radical (unpaired) electrons. The van der Waals surface area contributed by atoms with Gasteiger partial charge in [0.05, 0.1) is 11.4 Å². The molecule has 0 aliphatic heterocycles. The molecule has 0 fully saturated rings. The summed E-state index contributed by atoms with van der Waals surface area (Å²) in [6.45, 7) is 0. The van der Waals surface area contributed by atoms with Crippen LogP contribution in [-0.4, -0.2) is 21.2 Å². The SMILES string of the molecule is O=C(Nc1ccccc1)C(O)(c1ccc(-c2n[nH]c3c2Cc2ccccc2-3)cc1)c1cccc(F)c1F. The van der Waals surface area contributed by atoms with Crippen LogP contribution in [0.15, 0.2) is 97.1 Å². The summed E-state index contributed by atoms with van der Waals surface area (Å²) in [6.07, 6.45) is 0.733. The zero-order chi connectivity index (χ0) is 25.6. The first-order chi connectivity index (χ1) is 18.0. The van der Waals surface area contributed by atoms with Crippen molar-refractivity contribution in [1.29, 1.82) is 0 Å². The molecule has 0 spiro atoms. The molecule has 1 heterocycles. The molecule has 1 aliphatic rings. The zero-order valence-corrected chi connectivity index (χ0v) is 19.5. The largest absolute Gasteiger partial charge is 0.372 e. The van der Waals surface area contributed by atoms with E-state index in [-0.39, 0.29) is 5.56 Å². The van der Waals surface area contributed by atoms with E-state index in [1.807, 2.05) is 18.2 Å². The Kier molecular flexibility index (Phi) is 5.43. The van der Waals surface area contributed by atoms with E-state index < -0.39 is 28.7 Å². The van der Waals surface area contributed by atoms with E-state index in [2.05, 4.69) is 21.6 Å². The number of benzene rings is 4. The van der Waals surface area contributed by atoms with Crippen LogP contribution in [0.3, 0.4) is 0 Å². The van der Waals surface area contributed by atoms with Crippen LogP contribution in [0, 0.1) is 11.6 Å². The highest BCUT2D eigenvalue weighted by molar-refractivity contribution is 6.00. The molecule has 5 nitrogen and oxygen atoms in total. The molecule has 37 heavy (non-hydrogen) atoms. The number of nitrogens with zero attached hydrogens (tertiary/aromatic N) is 1. The van der Waals surface area contributed by atoms with Crippen LogP contribution in [0.1, 0.15) is 22.3 Å². The Hall–Kier alpha value is -4.62. The molecule has 1 amide bonds. The number of para-hydroxylation sites is 1. The number of carbonyl (C=O) groups excluding carboxylic acids is 1. The molecule has 4 aromatic carbocycles. The number of amides is 1. The van der Waals surface area contributed by atoms with Crippen molar-refractivity contribution < 1.29 is 18.7 Å². The lowest BCUT2D eigenvalue weighted by Gasteiger charge is -2.28. The third kappa shape index (κ3) is 3.72. The maximum absolute atomic E-state index is 14.9. The monoisotopic (exact) mass is 493 g/mol. The molecule has 1 atom stereocenters. The van der Waals surface area contributed by atoms with Gasteiger partial charge in [0.25, 0.3) is 5.91 Å². The van der Waals surface area contributed by atoms with Gasteiger partial charge in [0.2, 0.25) is 0 Å². The number of aromatic nitrogens is 2. The van der Waals surface area contributed by atoms with E-state index in [1.54, 1.807) is 42.5 Å². The normalized spacial score (nSPS) is 13.5. The molecule has 7 heteroatoms. The predicted molar refractivity (Wildman–Crippen MR) is 137 cm³/mol. The minimum Gasteiger partial charge on any atom is -0.372 e. The quantitative estimate of drug-likeness (QED) is 0.284. The Labute approximate surface area is 211 Å². The van der Waals surface area contributed by atoms with E-state index in [0.717, 1.165) is 40.6 Å². The van der Waals surface area contributed by atoms with Gasteiger partial charge in [0.15, 0.2) is 17.2 Å². The summed E-state index contributed by atoms with van der Waals surface area (Å²) in [5.74, 6) is -3.36. The number of hydrogen-bond donors (Lipinski definition) is 3. The van der Waals surface area contributed by atoms with Crippen LogP contribution >= 0.6 is 0 Å². The molecule has 1 unspecified atom stereocenters. The number of fused-ring (bicyclic) bond motifs is 3. The van der Waals surface area contributed by atoms with Gasteiger partial charge in [0, 0.05) is 34.4 Å². The molecule has 0 saturated heterocycles. The van der Waals surface area contributed by atoms with Gasteiger partial charge in [-0.1, -0.05) is 78.9 Å². The van der Waals surface area contributed by atoms with Crippen molar-refractivity contribution in [2.45, 2.75) is 12.0 Å². The maximum atomic E-state index is 14.9. The highest BCUT2D eigenvalue weighted by Gasteiger charge is 2.43. The van der Waals surface area contributed by atoms with Crippen LogP contribution in [0.2, 0.25) is 0 Å². The molecule has 3 N–H and O–H groups in total. The fourth-order valence-corrected chi connectivity index (χ4v) is 4.91. The smallest absolute Gasteiger partial charge is 0.265 e. The van der Waals surface area contributed by atoms with E-state index in [1.165, 1.54) is 29.8 Å². The first kappa shape index (κ1) is 22.8. The van der Waals surface area contributed by atoms with Crippen molar-refractivity contribution >= 4 is 11.6 Å². The molecule has 6 rings (SSSR count). The standard InChI is InChI=1S/C30H21F2N3O2/c31-25-12-6-11-24(26(25)32)30(37,29(36)33-21-8-2-1-3-9-21)20-15-13-18(14-16-20)27-23-17-19-7-4-5-10-22(19)28(23)35-34-27/h1-16,37H,17H2,(H,33,36)(H,34,35). The molecule has 1 aromatic heterocycles. The number of anilines is 1. The Morgan fingerprint density at radius 3 is 2.41 bits per heavy atom. The number of nitrogens with one attached hydrogen (secondary N) is 2. The van der Waals surface area contributed by atoms with Crippen molar-refractivity contribution in [3.8, 4) is 22.5 Å². The van der Waals surface area contributed by atoms with Crippen molar-refractivity contribution in [2.75, 3.05) is 5.32 Å². The van der Waals surface area contributed by atoms with Gasteiger partial charge in [-0.05, 0) is 29.3 Å². The van der Waals surface area contributed by atoms with Gasteiger partial charge in [-0.15, -0.1) is 0 Å². The van der Waals surface area contributed by atoms with Crippen molar-refractivity contribution in [3.63, 3.8) is 0 Å². The number of H-pyrrole nitrogens is 1. The number of carbonyl (C=O) groups is 1. The van der Waals surface area contributed by atoms with Gasteiger partial charge < -0.3 is 10.4 Å².